The van der Waals surface area contributed by atoms with Crippen LogP contribution in [0.5, 0.6) is 0 Å². The number of rotatable bonds is 38. The Kier molecular flexibility index (Phi) is 34.7. The summed E-state index contributed by atoms with van der Waals surface area (Å²) in [4.78, 5) is 35.3. The number of esters is 2. The molecule has 0 fully saturated rings. The number of nitrogens with zero attached hydrogens (tertiary/aromatic N) is 1. The Labute approximate surface area is 325 Å². The molecule has 9 nitrogen and oxygen atoms in total. The molecule has 0 aliphatic rings. The predicted molar refractivity (Wildman–Crippen MR) is 220 cm³/mol. The first-order valence-corrected chi connectivity index (χ1v) is 22.7. The SMILES string of the molecule is CC/C=C/C=C/C=C/CCCCCCCC(=O)OC(COC(=O)CCCCCCCCCCCCCCCCCC)COP(=O)(O)OCC[N+](C)(C)C. The molecule has 0 saturated carbocycles. The van der Waals surface area contributed by atoms with E-state index >= 15 is 0 Å². The summed E-state index contributed by atoms with van der Waals surface area (Å²) in [5.74, 6) is -0.819. The Hall–Kier alpha value is -1.77. The molecule has 0 spiro atoms. The molecule has 10 heteroatoms. The summed E-state index contributed by atoms with van der Waals surface area (Å²) < 4.78 is 34.2. The highest BCUT2D eigenvalue weighted by Gasteiger charge is 2.27. The van der Waals surface area contributed by atoms with Crippen molar-refractivity contribution >= 4 is 19.8 Å². The number of hydrogen-bond acceptors (Lipinski definition) is 7. The first-order chi connectivity index (χ1) is 25.5. The van der Waals surface area contributed by atoms with Gasteiger partial charge in [-0.1, -0.05) is 166 Å². The second kappa shape index (κ2) is 35.9. The van der Waals surface area contributed by atoms with Gasteiger partial charge in [-0.05, 0) is 32.1 Å². The molecule has 53 heavy (non-hydrogen) atoms. The molecule has 2 unspecified atom stereocenters. The van der Waals surface area contributed by atoms with Crippen LogP contribution in [-0.2, 0) is 32.7 Å². The monoisotopic (exact) mass is 771 g/mol. The Bertz CT molecular complexity index is 1010. The third-order valence-corrected chi connectivity index (χ3v) is 9.98. The van der Waals surface area contributed by atoms with Gasteiger partial charge in [0.25, 0.3) is 0 Å². The molecule has 0 heterocycles. The lowest BCUT2D eigenvalue weighted by molar-refractivity contribution is -0.870. The van der Waals surface area contributed by atoms with E-state index in [1.54, 1.807) is 0 Å². The standard InChI is InChI=1S/C43H80NO8P/c1-6-8-10-12-14-16-18-20-21-22-24-25-27-29-31-33-35-42(45)49-39-41(40-51-53(47,48)50-38-37-44(3,4)5)52-43(46)36-34-32-30-28-26-23-19-17-15-13-11-9-7-2/h9,11,13,15,17,19,41H,6-8,10,12,14,16,18,20-40H2,1-5H3/p+1/b11-9+,15-13+,19-17+. The molecule has 0 rings (SSSR count). The highest BCUT2D eigenvalue weighted by atomic mass is 31.2. The first-order valence-electron chi connectivity index (χ1n) is 21.2. The second-order valence-electron chi connectivity index (χ2n) is 15.4. The van der Waals surface area contributed by atoms with E-state index in [1.165, 1.54) is 83.5 Å². The molecule has 0 saturated heterocycles. The molecule has 0 bridgehead atoms. The topological polar surface area (TPSA) is 108 Å². The normalized spacial score (nSPS) is 14.0. The zero-order valence-electron chi connectivity index (χ0n) is 34.7. The Morgan fingerprint density at radius 2 is 1.08 bits per heavy atom. The first kappa shape index (κ1) is 51.2. The number of phosphoric ester groups is 1. The van der Waals surface area contributed by atoms with Gasteiger partial charge in [-0.2, -0.15) is 0 Å². The summed E-state index contributed by atoms with van der Waals surface area (Å²) in [5, 5.41) is 0. The van der Waals surface area contributed by atoms with Gasteiger partial charge < -0.3 is 18.9 Å². The van der Waals surface area contributed by atoms with Crippen molar-refractivity contribution < 1.29 is 42.1 Å². The Balaban J connectivity index is 4.37. The fourth-order valence-corrected chi connectivity index (χ4v) is 6.40. The Morgan fingerprint density at radius 3 is 1.58 bits per heavy atom. The van der Waals surface area contributed by atoms with E-state index in [1.807, 2.05) is 39.4 Å². The summed E-state index contributed by atoms with van der Waals surface area (Å²) in [7, 11) is 1.46. The predicted octanol–water partition coefficient (Wildman–Crippen LogP) is 11.7. The van der Waals surface area contributed by atoms with E-state index in [0.717, 1.165) is 57.8 Å². The van der Waals surface area contributed by atoms with Crippen molar-refractivity contribution in [1.82, 2.24) is 0 Å². The number of carbonyl (C=O) groups is 2. The number of ether oxygens (including phenoxy) is 2. The van der Waals surface area contributed by atoms with E-state index < -0.39 is 26.5 Å². The Morgan fingerprint density at radius 1 is 0.604 bits per heavy atom. The van der Waals surface area contributed by atoms with Crippen LogP contribution in [0.2, 0.25) is 0 Å². The van der Waals surface area contributed by atoms with Crippen LogP contribution in [0.4, 0.5) is 0 Å². The number of allylic oxidation sites excluding steroid dienone is 6. The van der Waals surface area contributed by atoms with Gasteiger partial charge in [0.1, 0.15) is 19.8 Å². The molecule has 0 aromatic rings. The van der Waals surface area contributed by atoms with Crippen molar-refractivity contribution in [2.75, 3.05) is 47.5 Å². The smallest absolute Gasteiger partial charge is 0.462 e. The summed E-state index contributed by atoms with van der Waals surface area (Å²) in [6, 6.07) is 0. The van der Waals surface area contributed by atoms with E-state index in [-0.39, 0.29) is 32.0 Å². The van der Waals surface area contributed by atoms with Crippen molar-refractivity contribution in [3.63, 3.8) is 0 Å². The van der Waals surface area contributed by atoms with E-state index in [0.29, 0.717) is 17.4 Å². The van der Waals surface area contributed by atoms with Crippen LogP contribution in [-0.4, -0.2) is 74.9 Å². The minimum absolute atomic E-state index is 0.0278. The van der Waals surface area contributed by atoms with Crippen LogP contribution in [0.25, 0.3) is 0 Å². The lowest BCUT2D eigenvalue weighted by Crippen LogP contribution is -2.37. The van der Waals surface area contributed by atoms with Crippen LogP contribution in [0.15, 0.2) is 36.5 Å². The van der Waals surface area contributed by atoms with Gasteiger partial charge in [-0.3, -0.25) is 18.6 Å². The summed E-state index contributed by atoms with van der Waals surface area (Å²) in [6.07, 6.45) is 39.0. The minimum atomic E-state index is -4.37. The van der Waals surface area contributed by atoms with Gasteiger partial charge >= 0.3 is 19.8 Å². The lowest BCUT2D eigenvalue weighted by atomic mass is 10.0. The molecule has 2 atom stereocenters. The number of carbonyl (C=O) groups excluding carboxylic acids is 2. The van der Waals surface area contributed by atoms with E-state index in [2.05, 4.69) is 32.1 Å². The maximum atomic E-state index is 12.6. The van der Waals surface area contributed by atoms with Gasteiger partial charge in [0, 0.05) is 12.8 Å². The minimum Gasteiger partial charge on any atom is -0.462 e. The summed E-state index contributed by atoms with van der Waals surface area (Å²) in [5.41, 5.74) is 0. The number of phosphoric acid groups is 1. The molecule has 0 aliphatic carbocycles. The van der Waals surface area contributed by atoms with Gasteiger partial charge in [0.05, 0.1) is 27.7 Å². The van der Waals surface area contributed by atoms with Crippen LogP contribution in [0, 0.1) is 0 Å². The van der Waals surface area contributed by atoms with Crippen molar-refractivity contribution in [3.05, 3.63) is 36.5 Å². The van der Waals surface area contributed by atoms with Crippen molar-refractivity contribution in [2.45, 2.75) is 180 Å². The van der Waals surface area contributed by atoms with Gasteiger partial charge in [-0.15, -0.1) is 0 Å². The average Bonchev–Trinajstić information content (AvgIpc) is 3.10. The molecule has 0 radical (unpaired) electrons. The van der Waals surface area contributed by atoms with Crippen molar-refractivity contribution in [3.8, 4) is 0 Å². The zero-order valence-corrected chi connectivity index (χ0v) is 35.6. The summed E-state index contributed by atoms with van der Waals surface area (Å²) >= 11 is 0. The fraction of sp³-hybridized carbons (Fsp3) is 0.814. The fourth-order valence-electron chi connectivity index (χ4n) is 5.66. The molecular weight excluding hydrogens is 689 g/mol. The van der Waals surface area contributed by atoms with Crippen LogP contribution in [0.3, 0.4) is 0 Å². The van der Waals surface area contributed by atoms with E-state index in [4.69, 9.17) is 18.5 Å². The van der Waals surface area contributed by atoms with Crippen molar-refractivity contribution in [1.29, 1.82) is 0 Å². The van der Waals surface area contributed by atoms with E-state index in [9.17, 15) is 19.0 Å². The van der Waals surface area contributed by atoms with Crippen LogP contribution < -0.4 is 0 Å². The summed E-state index contributed by atoms with van der Waals surface area (Å²) in [6.45, 7) is 4.27. The molecular formula is C43H81NO8P+. The quantitative estimate of drug-likeness (QED) is 0.0217. The average molecular weight is 771 g/mol. The van der Waals surface area contributed by atoms with Crippen LogP contribution in [0.1, 0.15) is 174 Å². The van der Waals surface area contributed by atoms with Gasteiger partial charge in [-0.25, -0.2) is 4.57 Å². The molecule has 310 valence electrons. The maximum absolute atomic E-state index is 12.6. The van der Waals surface area contributed by atoms with Crippen molar-refractivity contribution in [2.24, 2.45) is 0 Å². The molecule has 0 amide bonds. The number of quaternary nitrogens is 1. The number of unbranched alkanes of at least 4 members (excludes halogenated alkanes) is 20. The molecule has 0 aromatic heterocycles. The lowest BCUT2D eigenvalue weighted by Gasteiger charge is -2.24. The second-order valence-corrected chi connectivity index (χ2v) is 16.9. The molecule has 0 aliphatic heterocycles. The maximum Gasteiger partial charge on any atom is 0.472 e. The molecule has 1 N–H and O–H groups in total. The largest absolute Gasteiger partial charge is 0.472 e. The molecule has 0 aromatic carbocycles. The van der Waals surface area contributed by atoms with Crippen LogP contribution >= 0.6 is 7.82 Å². The number of hydrogen-bond donors (Lipinski definition) is 1. The van der Waals surface area contributed by atoms with Gasteiger partial charge in [0.2, 0.25) is 0 Å². The highest BCUT2D eigenvalue weighted by molar-refractivity contribution is 7.47. The zero-order chi connectivity index (χ0) is 39.3. The van der Waals surface area contributed by atoms with Gasteiger partial charge in [0.15, 0.2) is 6.10 Å². The third-order valence-electron chi connectivity index (χ3n) is 9.00. The highest BCUT2D eigenvalue weighted by Crippen LogP contribution is 2.43. The number of likely N-dealkylation sites (N-methyl/N-ethyl adjacent to an activating group) is 1. The third kappa shape index (κ3) is 39.7.